The van der Waals surface area contributed by atoms with Crippen LogP contribution in [0.25, 0.3) is 5.69 Å². The summed E-state index contributed by atoms with van der Waals surface area (Å²) in [6, 6.07) is 14.8. The molecule has 0 saturated carbocycles. The van der Waals surface area contributed by atoms with Crippen LogP contribution in [0.5, 0.6) is 0 Å². The molecule has 0 unspecified atom stereocenters. The first-order chi connectivity index (χ1) is 11.1. The first-order valence-electron chi connectivity index (χ1n) is 7.05. The van der Waals surface area contributed by atoms with Crippen molar-refractivity contribution in [1.29, 1.82) is 0 Å². The van der Waals surface area contributed by atoms with Crippen LogP contribution < -0.4 is 10.6 Å². The van der Waals surface area contributed by atoms with Crippen LogP contribution in [-0.4, -0.2) is 15.8 Å². The molecule has 3 rings (SSSR count). The molecule has 0 atom stereocenters. The van der Waals surface area contributed by atoms with Gasteiger partial charge in [0.15, 0.2) is 0 Å². The highest BCUT2D eigenvalue weighted by Gasteiger charge is 2.04. The van der Waals surface area contributed by atoms with Crippen molar-refractivity contribution in [3.63, 3.8) is 0 Å². The summed E-state index contributed by atoms with van der Waals surface area (Å²) in [5.41, 5.74) is 3.49. The smallest absolute Gasteiger partial charge is 0.308 e. The highest BCUT2D eigenvalue weighted by molar-refractivity contribution is 9.10. The summed E-state index contributed by atoms with van der Waals surface area (Å²) >= 11 is 3.36. The van der Waals surface area contributed by atoms with Crippen LogP contribution in [0, 0.1) is 6.92 Å². The van der Waals surface area contributed by atoms with E-state index in [1.807, 2.05) is 61.7 Å². The van der Waals surface area contributed by atoms with Gasteiger partial charge in [-0.1, -0.05) is 12.1 Å². The van der Waals surface area contributed by atoms with E-state index in [1.165, 1.54) is 0 Å². The van der Waals surface area contributed by atoms with Gasteiger partial charge < -0.3 is 10.6 Å². The van der Waals surface area contributed by atoms with Gasteiger partial charge in [-0.2, -0.15) is 5.10 Å². The van der Waals surface area contributed by atoms with Crippen LogP contribution in [0.2, 0.25) is 0 Å². The number of hydrogen-bond donors (Lipinski definition) is 2. The third kappa shape index (κ3) is 3.98. The highest BCUT2D eigenvalue weighted by Crippen LogP contribution is 2.16. The highest BCUT2D eigenvalue weighted by atomic mass is 79.9. The minimum absolute atomic E-state index is 0.273. The van der Waals surface area contributed by atoms with Crippen molar-refractivity contribution in [2.75, 3.05) is 10.6 Å². The van der Waals surface area contributed by atoms with E-state index in [1.54, 1.807) is 10.9 Å². The number of anilines is 2. The van der Waals surface area contributed by atoms with Crippen molar-refractivity contribution >= 4 is 33.3 Å². The van der Waals surface area contributed by atoms with E-state index < -0.39 is 0 Å². The molecule has 23 heavy (non-hydrogen) atoms. The van der Waals surface area contributed by atoms with Gasteiger partial charge in [-0.15, -0.1) is 0 Å². The molecule has 1 aromatic heterocycles. The van der Waals surface area contributed by atoms with Crippen molar-refractivity contribution < 1.29 is 4.79 Å². The molecule has 0 radical (unpaired) electrons. The Labute approximate surface area is 142 Å². The average Bonchev–Trinajstić information content (AvgIpc) is 2.94. The number of hydrogen-bond acceptors (Lipinski definition) is 2. The number of carbonyl (C=O) groups is 1. The molecule has 2 N–H and O–H groups in total. The second kappa shape index (κ2) is 6.66. The number of amides is 2. The van der Waals surface area contributed by atoms with Gasteiger partial charge >= 0.3 is 6.03 Å². The molecule has 0 saturated heterocycles. The van der Waals surface area contributed by atoms with Crippen molar-refractivity contribution in [2.45, 2.75) is 6.92 Å². The number of aromatic nitrogens is 2. The van der Waals surface area contributed by atoms with Gasteiger partial charge in [0.1, 0.15) is 0 Å². The lowest BCUT2D eigenvalue weighted by molar-refractivity contribution is 0.262. The van der Waals surface area contributed by atoms with Gasteiger partial charge in [0.05, 0.1) is 16.4 Å². The molecule has 116 valence electrons. The second-order valence-electron chi connectivity index (χ2n) is 5.10. The Bertz CT molecular complexity index is 827. The molecule has 2 aromatic carbocycles. The van der Waals surface area contributed by atoms with Crippen molar-refractivity contribution in [1.82, 2.24) is 9.78 Å². The Morgan fingerprint density at radius 2 is 1.83 bits per heavy atom. The Hall–Kier alpha value is -2.60. The van der Waals surface area contributed by atoms with Gasteiger partial charge in [-0.3, -0.25) is 0 Å². The normalized spacial score (nSPS) is 10.3. The predicted molar refractivity (Wildman–Crippen MR) is 95.1 cm³/mol. The van der Waals surface area contributed by atoms with E-state index in [-0.39, 0.29) is 6.03 Å². The number of rotatable bonds is 3. The first kappa shape index (κ1) is 15.3. The summed E-state index contributed by atoms with van der Waals surface area (Å²) in [5.74, 6) is 0. The maximum absolute atomic E-state index is 12.0. The lowest BCUT2D eigenvalue weighted by Crippen LogP contribution is -2.19. The number of nitrogens with one attached hydrogen (secondary N) is 2. The molecule has 6 heteroatoms. The summed E-state index contributed by atoms with van der Waals surface area (Å²) in [6.07, 6.45) is 3.59. The van der Waals surface area contributed by atoms with Gasteiger partial charge in [0.25, 0.3) is 0 Å². The molecular formula is C17H15BrN4O. The Kier molecular flexibility index (Phi) is 4.43. The molecule has 0 bridgehead atoms. The topological polar surface area (TPSA) is 59.0 Å². The quantitative estimate of drug-likeness (QED) is 0.708. The fourth-order valence-electron chi connectivity index (χ4n) is 2.16. The molecule has 0 aliphatic rings. The van der Waals surface area contributed by atoms with Gasteiger partial charge in [0, 0.05) is 17.6 Å². The van der Waals surface area contributed by atoms with E-state index in [9.17, 15) is 4.79 Å². The van der Waals surface area contributed by atoms with E-state index in [4.69, 9.17) is 0 Å². The van der Waals surface area contributed by atoms with Gasteiger partial charge in [0.2, 0.25) is 0 Å². The van der Waals surface area contributed by atoms with Crippen LogP contribution >= 0.6 is 15.9 Å². The SMILES string of the molecule is Cc1cccc(NC(=O)Nc2ccc(-n3cc(Br)cn3)cc2)c1. The van der Waals surface area contributed by atoms with Crippen molar-refractivity contribution in [3.8, 4) is 5.69 Å². The molecule has 0 spiro atoms. The largest absolute Gasteiger partial charge is 0.323 e. The first-order valence-corrected chi connectivity index (χ1v) is 7.85. The number of halogens is 1. The standard InChI is InChI=1S/C17H15BrN4O/c1-12-3-2-4-15(9-12)21-17(23)20-14-5-7-16(8-6-14)22-11-13(18)10-19-22/h2-11H,1H3,(H2,20,21,23). The lowest BCUT2D eigenvalue weighted by atomic mass is 10.2. The number of benzene rings is 2. The Morgan fingerprint density at radius 1 is 1.09 bits per heavy atom. The van der Waals surface area contributed by atoms with Crippen LogP contribution in [0.3, 0.4) is 0 Å². The predicted octanol–water partition coefficient (Wildman–Crippen LogP) is 4.59. The fourth-order valence-corrected chi connectivity index (χ4v) is 2.44. The monoisotopic (exact) mass is 370 g/mol. The van der Waals surface area contributed by atoms with Crippen molar-refractivity contribution in [2.24, 2.45) is 0 Å². The summed E-state index contributed by atoms with van der Waals surface area (Å²) in [5, 5.41) is 9.82. The fraction of sp³-hybridized carbons (Fsp3) is 0.0588. The molecule has 0 aliphatic heterocycles. The molecule has 0 fully saturated rings. The van der Waals surface area contributed by atoms with Crippen LogP contribution in [0.15, 0.2) is 65.4 Å². The van der Waals surface area contributed by atoms with Crippen molar-refractivity contribution in [3.05, 3.63) is 71.0 Å². The molecule has 1 heterocycles. The number of carbonyl (C=O) groups excluding carboxylic acids is 1. The summed E-state index contributed by atoms with van der Waals surface area (Å²) in [6.45, 7) is 1.98. The zero-order chi connectivity index (χ0) is 16.2. The summed E-state index contributed by atoms with van der Waals surface area (Å²) in [4.78, 5) is 12.0. The summed E-state index contributed by atoms with van der Waals surface area (Å²) in [7, 11) is 0. The zero-order valence-corrected chi connectivity index (χ0v) is 14.0. The molecule has 3 aromatic rings. The van der Waals surface area contributed by atoms with Gasteiger partial charge in [-0.25, -0.2) is 9.48 Å². The van der Waals surface area contributed by atoms with E-state index in [2.05, 4.69) is 31.7 Å². The summed E-state index contributed by atoms with van der Waals surface area (Å²) < 4.78 is 2.66. The Morgan fingerprint density at radius 3 is 2.48 bits per heavy atom. The van der Waals surface area contributed by atoms with Crippen LogP contribution in [-0.2, 0) is 0 Å². The average molecular weight is 371 g/mol. The van der Waals surface area contributed by atoms with E-state index in [0.717, 1.165) is 21.4 Å². The number of aryl methyl sites for hydroxylation is 1. The maximum atomic E-state index is 12.0. The molecule has 5 nitrogen and oxygen atoms in total. The third-order valence-electron chi connectivity index (χ3n) is 3.22. The molecule has 0 aliphatic carbocycles. The minimum atomic E-state index is -0.273. The third-order valence-corrected chi connectivity index (χ3v) is 3.63. The van der Waals surface area contributed by atoms with Crippen LogP contribution in [0.4, 0.5) is 16.2 Å². The second-order valence-corrected chi connectivity index (χ2v) is 6.01. The van der Waals surface area contributed by atoms with E-state index in [0.29, 0.717) is 5.69 Å². The molecular weight excluding hydrogens is 356 g/mol. The van der Waals surface area contributed by atoms with Crippen LogP contribution in [0.1, 0.15) is 5.56 Å². The number of nitrogens with zero attached hydrogens (tertiary/aromatic N) is 2. The van der Waals surface area contributed by atoms with Gasteiger partial charge in [-0.05, 0) is 64.8 Å². The maximum Gasteiger partial charge on any atom is 0.323 e. The minimum Gasteiger partial charge on any atom is -0.308 e. The van der Waals surface area contributed by atoms with E-state index >= 15 is 0 Å². The molecule has 2 amide bonds. The zero-order valence-electron chi connectivity index (χ0n) is 12.5. The lowest BCUT2D eigenvalue weighted by Gasteiger charge is -2.09. The number of urea groups is 1. The Balaban J connectivity index is 1.65.